The Balaban J connectivity index is 2.18. The van der Waals surface area contributed by atoms with Crippen LogP contribution in [-0.4, -0.2) is 22.4 Å². The predicted octanol–water partition coefficient (Wildman–Crippen LogP) is 2.48. The summed E-state index contributed by atoms with van der Waals surface area (Å²) in [5.41, 5.74) is -0.517. The molecule has 0 spiro atoms. The molecule has 0 aliphatic heterocycles. The Hall–Kier alpha value is -0.0800. The van der Waals surface area contributed by atoms with Crippen molar-refractivity contribution in [3.63, 3.8) is 0 Å². The van der Waals surface area contributed by atoms with Crippen LogP contribution in [-0.2, 0) is 0 Å². The zero-order valence-corrected chi connectivity index (χ0v) is 10.1. The van der Waals surface area contributed by atoms with Crippen LogP contribution in [0.2, 0.25) is 0 Å². The summed E-state index contributed by atoms with van der Waals surface area (Å²) in [6, 6.07) is 0. The third kappa shape index (κ3) is 1.72. The second-order valence-electron chi connectivity index (χ2n) is 6.52. The quantitative estimate of drug-likeness (QED) is 0.738. The monoisotopic (exact) mass is 212 g/mol. The van der Waals surface area contributed by atoms with Crippen molar-refractivity contribution in [3.05, 3.63) is 0 Å². The Morgan fingerprint density at radius 2 is 1.60 bits per heavy atom. The van der Waals surface area contributed by atoms with Crippen LogP contribution in [0.5, 0.6) is 0 Å². The molecule has 2 saturated carbocycles. The van der Waals surface area contributed by atoms with Crippen LogP contribution in [0.4, 0.5) is 0 Å². The topological polar surface area (TPSA) is 40.5 Å². The number of aliphatic hydroxyl groups is 2. The molecular weight excluding hydrogens is 188 g/mol. The van der Waals surface area contributed by atoms with Gasteiger partial charge in [-0.15, -0.1) is 0 Å². The lowest BCUT2D eigenvalue weighted by molar-refractivity contribution is -0.185. The fraction of sp³-hybridized carbons (Fsp3) is 1.00. The van der Waals surface area contributed by atoms with Gasteiger partial charge in [-0.05, 0) is 37.5 Å². The van der Waals surface area contributed by atoms with E-state index >= 15 is 0 Å². The van der Waals surface area contributed by atoms with Crippen LogP contribution in [0.25, 0.3) is 0 Å². The van der Waals surface area contributed by atoms with Crippen LogP contribution in [0.1, 0.15) is 58.8 Å². The van der Waals surface area contributed by atoms with Crippen LogP contribution >= 0.6 is 0 Å². The van der Waals surface area contributed by atoms with Gasteiger partial charge < -0.3 is 10.2 Å². The van der Waals surface area contributed by atoms with Crippen LogP contribution in [0.15, 0.2) is 0 Å². The first-order valence-corrected chi connectivity index (χ1v) is 6.26. The standard InChI is InChI=1S/C13H24O2/c1-11(2)5-3-8-13(15,9-11)12(10-14)6-4-7-12/h14-15H,3-10H2,1-2H3. The summed E-state index contributed by atoms with van der Waals surface area (Å²) in [6.45, 7) is 4.64. The maximum atomic E-state index is 10.8. The molecule has 0 bridgehead atoms. The fourth-order valence-electron chi connectivity index (χ4n) is 3.65. The summed E-state index contributed by atoms with van der Waals surface area (Å²) in [7, 11) is 0. The smallest absolute Gasteiger partial charge is 0.0730 e. The van der Waals surface area contributed by atoms with Gasteiger partial charge in [-0.3, -0.25) is 0 Å². The van der Waals surface area contributed by atoms with Gasteiger partial charge in [0.25, 0.3) is 0 Å². The minimum Gasteiger partial charge on any atom is -0.396 e. The summed E-state index contributed by atoms with van der Waals surface area (Å²) in [5.74, 6) is 0. The second-order valence-corrected chi connectivity index (χ2v) is 6.52. The molecule has 2 rings (SSSR count). The SMILES string of the molecule is CC1(C)CCCC(O)(C2(CO)CCC2)C1. The summed E-state index contributed by atoms with van der Waals surface area (Å²) in [5, 5.41) is 20.4. The van der Waals surface area contributed by atoms with Gasteiger partial charge in [0, 0.05) is 5.41 Å². The van der Waals surface area contributed by atoms with Crippen molar-refractivity contribution >= 4 is 0 Å². The Bertz CT molecular complexity index is 237. The Kier molecular flexibility index (Phi) is 2.63. The molecule has 2 nitrogen and oxygen atoms in total. The van der Waals surface area contributed by atoms with E-state index in [1.807, 2.05) is 0 Å². The molecule has 0 saturated heterocycles. The highest BCUT2D eigenvalue weighted by molar-refractivity contribution is 5.07. The lowest BCUT2D eigenvalue weighted by Gasteiger charge is -2.57. The van der Waals surface area contributed by atoms with Crippen molar-refractivity contribution in [1.82, 2.24) is 0 Å². The molecule has 2 aliphatic carbocycles. The molecule has 0 aromatic rings. The molecule has 15 heavy (non-hydrogen) atoms. The highest BCUT2D eigenvalue weighted by Crippen LogP contribution is 2.57. The van der Waals surface area contributed by atoms with Gasteiger partial charge in [0.05, 0.1) is 12.2 Å². The predicted molar refractivity (Wildman–Crippen MR) is 60.6 cm³/mol. The van der Waals surface area contributed by atoms with Crippen LogP contribution < -0.4 is 0 Å². The first kappa shape index (κ1) is 11.4. The Morgan fingerprint density at radius 1 is 1.00 bits per heavy atom. The van der Waals surface area contributed by atoms with E-state index in [2.05, 4.69) is 13.8 Å². The largest absolute Gasteiger partial charge is 0.396 e. The van der Waals surface area contributed by atoms with Gasteiger partial charge in [0.1, 0.15) is 0 Å². The molecule has 0 aromatic carbocycles. The average Bonchev–Trinajstić information content (AvgIpc) is 1.99. The van der Waals surface area contributed by atoms with Crippen molar-refractivity contribution in [2.24, 2.45) is 10.8 Å². The number of rotatable bonds is 2. The summed E-state index contributed by atoms with van der Waals surface area (Å²) >= 11 is 0. The zero-order valence-electron chi connectivity index (χ0n) is 10.1. The number of hydrogen-bond acceptors (Lipinski definition) is 2. The lowest BCUT2D eigenvalue weighted by Crippen LogP contribution is -2.58. The normalized spacial score (nSPS) is 38.4. The van der Waals surface area contributed by atoms with Crippen molar-refractivity contribution in [2.75, 3.05) is 6.61 Å². The minimum atomic E-state index is -0.595. The van der Waals surface area contributed by atoms with E-state index < -0.39 is 5.60 Å². The fourth-order valence-corrected chi connectivity index (χ4v) is 3.65. The number of aliphatic hydroxyl groups excluding tert-OH is 1. The summed E-state index contributed by atoms with van der Waals surface area (Å²) < 4.78 is 0. The van der Waals surface area contributed by atoms with Gasteiger partial charge in [-0.1, -0.05) is 26.7 Å². The average molecular weight is 212 g/mol. The highest BCUT2D eigenvalue weighted by atomic mass is 16.3. The molecule has 0 aromatic heterocycles. The molecule has 88 valence electrons. The molecule has 1 atom stereocenters. The third-order valence-corrected chi connectivity index (χ3v) is 4.82. The van der Waals surface area contributed by atoms with Crippen molar-refractivity contribution in [2.45, 2.75) is 64.4 Å². The molecule has 0 amide bonds. The van der Waals surface area contributed by atoms with E-state index in [1.54, 1.807) is 0 Å². The van der Waals surface area contributed by atoms with E-state index in [1.165, 1.54) is 12.8 Å². The van der Waals surface area contributed by atoms with E-state index in [9.17, 15) is 10.2 Å². The Labute approximate surface area is 92.7 Å². The second kappa shape index (κ2) is 3.46. The van der Waals surface area contributed by atoms with Crippen molar-refractivity contribution in [3.8, 4) is 0 Å². The van der Waals surface area contributed by atoms with E-state index in [4.69, 9.17) is 0 Å². The van der Waals surface area contributed by atoms with Crippen LogP contribution in [0.3, 0.4) is 0 Å². The third-order valence-electron chi connectivity index (χ3n) is 4.82. The molecule has 2 heteroatoms. The maximum Gasteiger partial charge on any atom is 0.0730 e. The lowest BCUT2D eigenvalue weighted by atomic mass is 9.52. The highest BCUT2D eigenvalue weighted by Gasteiger charge is 2.56. The maximum absolute atomic E-state index is 10.8. The molecule has 2 N–H and O–H groups in total. The van der Waals surface area contributed by atoms with Gasteiger partial charge in [0.2, 0.25) is 0 Å². The summed E-state index contributed by atoms with van der Waals surface area (Å²) in [4.78, 5) is 0. The molecule has 0 heterocycles. The summed E-state index contributed by atoms with van der Waals surface area (Å²) in [6.07, 6.45) is 7.25. The van der Waals surface area contributed by atoms with Gasteiger partial charge in [0.15, 0.2) is 0 Å². The molecule has 1 unspecified atom stereocenters. The molecule has 2 fully saturated rings. The molecule has 0 radical (unpaired) electrons. The van der Waals surface area contributed by atoms with Gasteiger partial charge in [-0.25, -0.2) is 0 Å². The van der Waals surface area contributed by atoms with Gasteiger partial charge in [-0.2, -0.15) is 0 Å². The Morgan fingerprint density at radius 3 is 2.00 bits per heavy atom. The molecular formula is C13H24O2. The zero-order chi connectivity index (χ0) is 11.2. The van der Waals surface area contributed by atoms with Crippen molar-refractivity contribution < 1.29 is 10.2 Å². The van der Waals surface area contributed by atoms with Crippen LogP contribution in [0, 0.1) is 10.8 Å². The van der Waals surface area contributed by atoms with E-state index in [0.29, 0.717) is 0 Å². The van der Waals surface area contributed by atoms with Crippen molar-refractivity contribution in [1.29, 1.82) is 0 Å². The van der Waals surface area contributed by atoms with E-state index in [-0.39, 0.29) is 17.4 Å². The first-order valence-electron chi connectivity index (χ1n) is 6.26. The molecule has 2 aliphatic rings. The van der Waals surface area contributed by atoms with E-state index in [0.717, 1.165) is 32.1 Å². The minimum absolute atomic E-state index is 0.162. The van der Waals surface area contributed by atoms with Gasteiger partial charge >= 0.3 is 0 Å². The first-order chi connectivity index (χ1) is 6.93. The number of hydrogen-bond donors (Lipinski definition) is 2.